The molecule has 1 fully saturated rings. The fourth-order valence-corrected chi connectivity index (χ4v) is 2.18. The van der Waals surface area contributed by atoms with Crippen LogP contribution in [0, 0.1) is 5.41 Å². The number of ketones is 1. The lowest BCUT2D eigenvalue weighted by Crippen LogP contribution is -2.38. The molecule has 2 aliphatic rings. The van der Waals surface area contributed by atoms with Gasteiger partial charge in [0, 0.05) is 11.8 Å². The summed E-state index contributed by atoms with van der Waals surface area (Å²) in [4.78, 5) is 11.5. The number of carbonyl (C=O) groups is 1. The Kier molecular flexibility index (Phi) is 1.52. The van der Waals surface area contributed by atoms with Crippen LogP contribution >= 0.6 is 0 Å². The minimum Gasteiger partial charge on any atom is -0.362 e. The molecule has 2 aliphatic heterocycles. The SMILES string of the molecule is CC1=CC(=O)[C@@H]2O[C@@]1(O)CC2(C)C. The molecule has 0 unspecified atom stereocenters. The van der Waals surface area contributed by atoms with Crippen molar-refractivity contribution in [3.8, 4) is 0 Å². The van der Waals surface area contributed by atoms with Crippen molar-refractivity contribution in [2.75, 3.05) is 0 Å². The summed E-state index contributed by atoms with van der Waals surface area (Å²) < 4.78 is 5.36. The van der Waals surface area contributed by atoms with Gasteiger partial charge in [-0.15, -0.1) is 0 Å². The van der Waals surface area contributed by atoms with E-state index in [4.69, 9.17) is 4.74 Å². The van der Waals surface area contributed by atoms with E-state index in [0.717, 1.165) is 0 Å². The Morgan fingerprint density at radius 1 is 1.62 bits per heavy atom. The summed E-state index contributed by atoms with van der Waals surface area (Å²) >= 11 is 0. The molecule has 13 heavy (non-hydrogen) atoms. The van der Waals surface area contributed by atoms with Crippen LogP contribution in [0.3, 0.4) is 0 Å². The number of aliphatic hydroxyl groups is 1. The molecule has 0 radical (unpaired) electrons. The van der Waals surface area contributed by atoms with Crippen molar-refractivity contribution in [1.29, 1.82) is 0 Å². The summed E-state index contributed by atoms with van der Waals surface area (Å²) in [5, 5.41) is 10.0. The Morgan fingerprint density at radius 2 is 2.23 bits per heavy atom. The number of rotatable bonds is 0. The van der Waals surface area contributed by atoms with Gasteiger partial charge in [0.2, 0.25) is 0 Å². The molecule has 3 nitrogen and oxygen atoms in total. The Morgan fingerprint density at radius 3 is 2.85 bits per heavy atom. The molecular weight excluding hydrogens is 168 g/mol. The number of fused-ring (bicyclic) bond motifs is 2. The van der Waals surface area contributed by atoms with Crippen LogP contribution in [0.4, 0.5) is 0 Å². The maximum Gasteiger partial charge on any atom is 0.189 e. The van der Waals surface area contributed by atoms with Crippen LogP contribution in [0.1, 0.15) is 27.2 Å². The average Bonchev–Trinajstić information content (AvgIpc) is 2.17. The third-order valence-corrected chi connectivity index (χ3v) is 2.95. The molecule has 2 heterocycles. The maximum absolute atomic E-state index is 11.5. The summed E-state index contributed by atoms with van der Waals surface area (Å²) in [5.74, 6) is -1.22. The molecular formula is C10H14O3. The van der Waals surface area contributed by atoms with Gasteiger partial charge in [-0.1, -0.05) is 13.8 Å². The van der Waals surface area contributed by atoms with E-state index >= 15 is 0 Å². The zero-order valence-electron chi connectivity index (χ0n) is 8.13. The fourth-order valence-electron chi connectivity index (χ4n) is 2.18. The molecule has 2 bridgehead atoms. The standard InChI is InChI=1S/C10H14O3/c1-6-4-7(11)8-9(2,3)5-10(6,12)13-8/h4,8,12H,5H2,1-3H3/t8-,10-/m0/s1. The van der Waals surface area contributed by atoms with Gasteiger partial charge in [0.1, 0.15) is 6.10 Å². The fraction of sp³-hybridized carbons (Fsp3) is 0.700. The van der Waals surface area contributed by atoms with E-state index in [1.165, 1.54) is 6.08 Å². The normalized spacial score (nSPS) is 42.0. The number of hydrogen-bond acceptors (Lipinski definition) is 3. The van der Waals surface area contributed by atoms with Crippen LogP contribution in [0.2, 0.25) is 0 Å². The number of ether oxygens (including phenoxy) is 1. The van der Waals surface area contributed by atoms with Gasteiger partial charge in [0.15, 0.2) is 11.6 Å². The second-order valence-electron chi connectivity index (χ2n) is 4.68. The van der Waals surface area contributed by atoms with Crippen molar-refractivity contribution in [2.24, 2.45) is 5.41 Å². The molecule has 0 spiro atoms. The first-order valence-corrected chi connectivity index (χ1v) is 4.48. The van der Waals surface area contributed by atoms with Gasteiger partial charge >= 0.3 is 0 Å². The molecule has 0 aromatic heterocycles. The highest BCUT2D eigenvalue weighted by Gasteiger charge is 2.56. The molecule has 1 N–H and O–H groups in total. The second kappa shape index (κ2) is 2.22. The lowest BCUT2D eigenvalue weighted by Gasteiger charge is -2.27. The molecule has 3 heteroatoms. The number of carbonyl (C=O) groups excluding carboxylic acids is 1. The molecule has 2 atom stereocenters. The van der Waals surface area contributed by atoms with Gasteiger partial charge in [-0.2, -0.15) is 0 Å². The predicted molar refractivity (Wildman–Crippen MR) is 47.0 cm³/mol. The molecule has 2 rings (SSSR count). The zero-order valence-corrected chi connectivity index (χ0v) is 8.13. The summed E-state index contributed by atoms with van der Waals surface area (Å²) in [6, 6.07) is 0. The lowest BCUT2D eigenvalue weighted by atomic mass is 9.83. The molecule has 0 aromatic carbocycles. The van der Waals surface area contributed by atoms with Crippen LogP contribution in [-0.2, 0) is 9.53 Å². The average molecular weight is 182 g/mol. The molecule has 0 aromatic rings. The quantitative estimate of drug-likeness (QED) is 0.608. The maximum atomic E-state index is 11.5. The van der Waals surface area contributed by atoms with Gasteiger partial charge in [-0.3, -0.25) is 4.79 Å². The summed E-state index contributed by atoms with van der Waals surface area (Å²) in [5.41, 5.74) is 0.361. The van der Waals surface area contributed by atoms with Crippen molar-refractivity contribution in [3.05, 3.63) is 11.6 Å². The summed E-state index contributed by atoms with van der Waals surface area (Å²) in [7, 11) is 0. The second-order valence-corrected chi connectivity index (χ2v) is 4.68. The van der Waals surface area contributed by atoms with Crippen LogP contribution in [0.5, 0.6) is 0 Å². The van der Waals surface area contributed by atoms with E-state index in [1.54, 1.807) is 6.92 Å². The van der Waals surface area contributed by atoms with Gasteiger partial charge in [0.25, 0.3) is 0 Å². The molecule has 0 amide bonds. The van der Waals surface area contributed by atoms with Crippen molar-refractivity contribution < 1.29 is 14.6 Å². The Labute approximate surface area is 77.4 Å². The topological polar surface area (TPSA) is 46.5 Å². The highest BCUT2D eigenvalue weighted by molar-refractivity contribution is 5.96. The highest BCUT2D eigenvalue weighted by Crippen LogP contribution is 2.48. The molecule has 0 aliphatic carbocycles. The number of hydrogen-bond donors (Lipinski definition) is 1. The van der Waals surface area contributed by atoms with Crippen LogP contribution in [-0.4, -0.2) is 22.8 Å². The predicted octanol–water partition coefficient (Wildman–Crippen LogP) is 1.02. The molecule has 1 saturated heterocycles. The van der Waals surface area contributed by atoms with Crippen molar-refractivity contribution >= 4 is 5.78 Å². The van der Waals surface area contributed by atoms with Gasteiger partial charge < -0.3 is 9.84 Å². The van der Waals surface area contributed by atoms with E-state index in [-0.39, 0.29) is 11.2 Å². The largest absolute Gasteiger partial charge is 0.362 e. The summed E-state index contributed by atoms with van der Waals surface area (Å²) in [6.07, 6.45) is 1.53. The third-order valence-electron chi connectivity index (χ3n) is 2.95. The van der Waals surface area contributed by atoms with Crippen LogP contribution < -0.4 is 0 Å². The van der Waals surface area contributed by atoms with E-state index < -0.39 is 11.9 Å². The van der Waals surface area contributed by atoms with Crippen LogP contribution in [0.15, 0.2) is 11.6 Å². The van der Waals surface area contributed by atoms with E-state index in [0.29, 0.717) is 12.0 Å². The Hall–Kier alpha value is -0.670. The first-order chi connectivity index (χ1) is 5.85. The molecule has 72 valence electrons. The highest BCUT2D eigenvalue weighted by atomic mass is 16.6. The van der Waals surface area contributed by atoms with Crippen molar-refractivity contribution in [3.63, 3.8) is 0 Å². The first-order valence-electron chi connectivity index (χ1n) is 4.48. The van der Waals surface area contributed by atoms with Crippen LogP contribution in [0.25, 0.3) is 0 Å². The summed E-state index contributed by atoms with van der Waals surface area (Å²) in [6.45, 7) is 5.62. The van der Waals surface area contributed by atoms with Gasteiger partial charge in [0.05, 0.1) is 0 Å². The third kappa shape index (κ3) is 1.07. The van der Waals surface area contributed by atoms with Crippen molar-refractivity contribution in [1.82, 2.24) is 0 Å². The Balaban J connectivity index is 2.48. The van der Waals surface area contributed by atoms with Crippen molar-refractivity contribution in [2.45, 2.75) is 39.1 Å². The lowest BCUT2D eigenvalue weighted by molar-refractivity contribution is -0.177. The van der Waals surface area contributed by atoms with Gasteiger partial charge in [-0.05, 0) is 18.6 Å². The first kappa shape index (κ1) is 8.91. The van der Waals surface area contributed by atoms with E-state index in [2.05, 4.69) is 0 Å². The Bertz CT molecular complexity index is 303. The van der Waals surface area contributed by atoms with Gasteiger partial charge in [-0.25, -0.2) is 0 Å². The zero-order chi connectivity index (χ0) is 9.85. The van der Waals surface area contributed by atoms with E-state index in [9.17, 15) is 9.90 Å². The monoisotopic (exact) mass is 182 g/mol. The van der Waals surface area contributed by atoms with E-state index in [1.807, 2.05) is 13.8 Å². The molecule has 0 saturated carbocycles. The minimum atomic E-state index is -1.19. The smallest absolute Gasteiger partial charge is 0.189 e. The minimum absolute atomic E-state index is 0.0234.